The number of carbonyl (C=O) groups is 1. The lowest BCUT2D eigenvalue weighted by molar-refractivity contribution is -0.123. The van der Waals surface area contributed by atoms with Crippen molar-refractivity contribution in [2.75, 3.05) is 6.61 Å². The molecule has 1 unspecified atom stereocenters. The van der Waals surface area contributed by atoms with Crippen LogP contribution >= 0.6 is 11.6 Å². The van der Waals surface area contributed by atoms with Gasteiger partial charge in [-0.25, -0.2) is 0 Å². The maximum absolute atomic E-state index is 11.6. The second-order valence-corrected chi connectivity index (χ2v) is 6.87. The molecule has 0 bridgehead atoms. The van der Waals surface area contributed by atoms with Gasteiger partial charge in [-0.15, -0.1) is 0 Å². The molecular formula is C20H23ClN2O2. The van der Waals surface area contributed by atoms with Gasteiger partial charge in [-0.2, -0.15) is 0 Å². The summed E-state index contributed by atoms with van der Waals surface area (Å²) < 4.78 is 5.53. The van der Waals surface area contributed by atoms with Crippen molar-refractivity contribution in [1.82, 2.24) is 10.6 Å². The number of rotatable bonds is 8. The minimum absolute atomic E-state index is 0.0527. The lowest BCUT2D eigenvalue weighted by Gasteiger charge is -2.15. The monoisotopic (exact) mass is 358 g/mol. The van der Waals surface area contributed by atoms with Gasteiger partial charge in [-0.3, -0.25) is 4.79 Å². The van der Waals surface area contributed by atoms with Gasteiger partial charge in [0.05, 0.1) is 0 Å². The molecule has 0 radical (unpaired) electrons. The maximum atomic E-state index is 11.6. The third-order valence-electron chi connectivity index (χ3n) is 4.19. The Balaban J connectivity index is 1.46. The summed E-state index contributed by atoms with van der Waals surface area (Å²) in [5, 5.41) is 7.13. The topological polar surface area (TPSA) is 50.4 Å². The average Bonchev–Trinajstić information content (AvgIpc) is 3.42. The fourth-order valence-electron chi connectivity index (χ4n) is 2.53. The molecule has 1 aliphatic rings. The molecule has 2 N–H and O–H groups in total. The van der Waals surface area contributed by atoms with Crippen LogP contribution in [0.2, 0.25) is 5.02 Å². The van der Waals surface area contributed by atoms with Gasteiger partial charge in [-0.1, -0.05) is 35.9 Å². The Morgan fingerprint density at radius 3 is 2.68 bits per heavy atom. The third kappa shape index (κ3) is 5.76. The molecule has 1 atom stereocenters. The summed E-state index contributed by atoms with van der Waals surface area (Å²) in [6, 6.07) is 16.2. The van der Waals surface area contributed by atoms with Gasteiger partial charge in [0.1, 0.15) is 5.75 Å². The highest BCUT2D eigenvalue weighted by atomic mass is 35.5. The first-order chi connectivity index (χ1) is 12.1. The molecule has 3 rings (SSSR count). The molecule has 0 aromatic heterocycles. The Kier molecular flexibility index (Phi) is 5.95. The molecule has 5 heteroatoms. The summed E-state index contributed by atoms with van der Waals surface area (Å²) in [6.07, 6.45) is 2.17. The van der Waals surface area contributed by atoms with Crippen molar-refractivity contribution in [3.8, 4) is 5.75 Å². The van der Waals surface area contributed by atoms with Gasteiger partial charge >= 0.3 is 0 Å². The van der Waals surface area contributed by atoms with Crippen LogP contribution in [0, 0.1) is 0 Å². The number of ether oxygens (including phenoxy) is 1. The summed E-state index contributed by atoms with van der Waals surface area (Å²) in [7, 11) is 0. The summed E-state index contributed by atoms with van der Waals surface area (Å²) in [4.78, 5) is 11.6. The van der Waals surface area contributed by atoms with Crippen molar-refractivity contribution in [3.63, 3.8) is 0 Å². The number of nitrogens with one attached hydrogen (secondary N) is 2. The Bertz CT molecular complexity index is 714. The summed E-state index contributed by atoms with van der Waals surface area (Å²) >= 11 is 6.01. The van der Waals surface area contributed by atoms with Gasteiger partial charge in [-0.05, 0) is 55.2 Å². The van der Waals surface area contributed by atoms with E-state index < -0.39 is 0 Å². The number of halogens is 1. The van der Waals surface area contributed by atoms with Crippen LogP contribution in [0.4, 0.5) is 0 Å². The van der Waals surface area contributed by atoms with E-state index >= 15 is 0 Å². The number of hydrogen-bond acceptors (Lipinski definition) is 3. The number of amides is 1. The Morgan fingerprint density at radius 2 is 2.00 bits per heavy atom. The minimum Gasteiger partial charge on any atom is -0.484 e. The van der Waals surface area contributed by atoms with E-state index in [1.807, 2.05) is 42.5 Å². The molecule has 1 fully saturated rings. The van der Waals surface area contributed by atoms with E-state index in [1.165, 1.54) is 0 Å². The van der Waals surface area contributed by atoms with E-state index in [9.17, 15) is 4.79 Å². The van der Waals surface area contributed by atoms with Crippen molar-refractivity contribution < 1.29 is 9.53 Å². The number of carbonyl (C=O) groups excluding carboxylic acids is 1. The highest BCUT2D eigenvalue weighted by Crippen LogP contribution is 2.20. The quantitative estimate of drug-likeness (QED) is 0.753. The second-order valence-electron chi connectivity index (χ2n) is 6.43. The smallest absolute Gasteiger partial charge is 0.258 e. The molecule has 0 spiro atoms. The number of benzene rings is 2. The predicted molar refractivity (Wildman–Crippen MR) is 99.8 cm³/mol. The summed E-state index contributed by atoms with van der Waals surface area (Å²) in [5.41, 5.74) is 2.32. The molecule has 1 amide bonds. The summed E-state index contributed by atoms with van der Waals surface area (Å²) in [6.45, 7) is 2.93. The first-order valence-corrected chi connectivity index (χ1v) is 8.98. The molecule has 0 saturated heterocycles. The highest BCUT2D eigenvalue weighted by Gasteiger charge is 2.23. The first-order valence-electron chi connectivity index (χ1n) is 8.60. The van der Waals surface area contributed by atoms with Crippen molar-refractivity contribution >= 4 is 17.5 Å². The van der Waals surface area contributed by atoms with Gasteiger partial charge in [0, 0.05) is 23.7 Å². The van der Waals surface area contributed by atoms with Crippen LogP contribution < -0.4 is 15.4 Å². The first kappa shape index (κ1) is 17.8. The van der Waals surface area contributed by atoms with Gasteiger partial charge in [0.2, 0.25) is 0 Å². The fraction of sp³-hybridized carbons (Fsp3) is 0.350. The van der Waals surface area contributed by atoms with Crippen molar-refractivity contribution in [1.29, 1.82) is 0 Å². The Hall–Kier alpha value is -2.04. The van der Waals surface area contributed by atoms with E-state index in [2.05, 4.69) is 23.6 Å². The van der Waals surface area contributed by atoms with Crippen molar-refractivity contribution in [2.45, 2.75) is 38.4 Å². The molecule has 4 nitrogen and oxygen atoms in total. The molecule has 1 saturated carbocycles. The van der Waals surface area contributed by atoms with Crippen LogP contribution in [0.15, 0.2) is 48.5 Å². The minimum atomic E-state index is -0.0527. The van der Waals surface area contributed by atoms with Gasteiger partial charge in [0.25, 0.3) is 5.91 Å². The molecule has 0 heterocycles. The third-order valence-corrected chi connectivity index (χ3v) is 4.43. The molecule has 2 aromatic carbocycles. The van der Waals surface area contributed by atoms with E-state index in [0.717, 1.165) is 35.5 Å². The van der Waals surface area contributed by atoms with Gasteiger partial charge < -0.3 is 15.4 Å². The number of hydrogen-bond donors (Lipinski definition) is 2. The highest BCUT2D eigenvalue weighted by molar-refractivity contribution is 6.30. The van der Waals surface area contributed by atoms with Crippen LogP contribution in [0.3, 0.4) is 0 Å². The van der Waals surface area contributed by atoms with Crippen LogP contribution in [-0.4, -0.2) is 18.6 Å². The average molecular weight is 359 g/mol. The lowest BCUT2D eigenvalue weighted by Crippen LogP contribution is -2.30. The molecule has 2 aromatic rings. The molecular weight excluding hydrogens is 336 g/mol. The fourth-order valence-corrected chi connectivity index (χ4v) is 2.75. The van der Waals surface area contributed by atoms with E-state index in [-0.39, 0.29) is 18.6 Å². The molecule has 25 heavy (non-hydrogen) atoms. The predicted octanol–water partition coefficient (Wildman–Crippen LogP) is 3.85. The normalized spacial score (nSPS) is 14.8. The maximum Gasteiger partial charge on any atom is 0.258 e. The van der Waals surface area contributed by atoms with Crippen LogP contribution in [0.1, 0.15) is 36.9 Å². The summed E-state index contributed by atoms with van der Waals surface area (Å²) in [5.74, 6) is 0.653. The largest absolute Gasteiger partial charge is 0.484 e. The van der Waals surface area contributed by atoms with E-state index in [1.54, 1.807) is 0 Å². The van der Waals surface area contributed by atoms with Crippen LogP contribution in [-0.2, 0) is 11.3 Å². The van der Waals surface area contributed by atoms with Gasteiger partial charge in [0.15, 0.2) is 6.61 Å². The standard InChI is InChI=1S/C20H23ClN2O2/c1-14(22-12-15-3-2-4-17(21)11-15)16-5-9-19(10-6-16)25-13-20(24)23-18-7-8-18/h2-6,9-11,14,18,22H,7-8,12-13H2,1H3,(H,23,24). The zero-order chi connectivity index (χ0) is 17.6. The van der Waals surface area contributed by atoms with E-state index in [0.29, 0.717) is 11.8 Å². The van der Waals surface area contributed by atoms with Crippen molar-refractivity contribution in [3.05, 3.63) is 64.7 Å². The van der Waals surface area contributed by atoms with E-state index in [4.69, 9.17) is 16.3 Å². The zero-order valence-corrected chi connectivity index (χ0v) is 15.1. The molecule has 0 aliphatic heterocycles. The van der Waals surface area contributed by atoms with Crippen LogP contribution in [0.5, 0.6) is 5.75 Å². The zero-order valence-electron chi connectivity index (χ0n) is 14.3. The van der Waals surface area contributed by atoms with Crippen molar-refractivity contribution in [2.24, 2.45) is 0 Å². The molecule has 1 aliphatic carbocycles. The lowest BCUT2D eigenvalue weighted by atomic mass is 10.1. The Morgan fingerprint density at radius 1 is 1.24 bits per heavy atom. The second kappa shape index (κ2) is 8.37. The van der Waals surface area contributed by atoms with Crippen LogP contribution in [0.25, 0.3) is 0 Å². The SMILES string of the molecule is CC(NCc1cccc(Cl)c1)c1ccc(OCC(=O)NC2CC2)cc1. The Labute approximate surface area is 153 Å². The molecule has 132 valence electrons.